The molecule has 1 aromatic rings. The second-order valence-corrected chi connectivity index (χ2v) is 12.3. The third kappa shape index (κ3) is 14.1. The Kier molecular flexibility index (Phi) is 21.4. The van der Waals surface area contributed by atoms with E-state index < -0.39 is 18.2 Å². The molecule has 1 fully saturated rings. The number of ether oxygens (including phenoxy) is 5. The van der Waals surface area contributed by atoms with Crippen LogP contribution in [0.2, 0.25) is 0 Å². The Morgan fingerprint density at radius 3 is 1.89 bits per heavy atom. The largest absolute Gasteiger partial charge is 0.390 e. The molecule has 1 aliphatic carbocycles. The summed E-state index contributed by atoms with van der Waals surface area (Å²) in [7, 11) is 0. The minimum Gasteiger partial charge on any atom is -0.390 e. The molecule has 0 radical (unpaired) electrons. The van der Waals surface area contributed by atoms with Gasteiger partial charge in [-0.1, -0.05) is 90.6 Å². The summed E-state index contributed by atoms with van der Waals surface area (Å²) < 4.78 is 32.7. The van der Waals surface area contributed by atoms with Crippen LogP contribution in [0.1, 0.15) is 104 Å². The van der Waals surface area contributed by atoms with Gasteiger partial charge in [0.15, 0.2) is 0 Å². The summed E-state index contributed by atoms with van der Waals surface area (Å²) in [4.78, 5) is 0. The highest BCUT2D eigenvalue weighted by atomic mass is 16.6. The number of aliphatic hydroxyl groups excluding tert-OH is 2. The van der Waals surface area contributed by atoms with Gasteiger partial charge in [-0.05, 0) is 44.1 Å². The molecule has 1 aliphatic rings. The van der Waals surface area contributed by atoms with Gasteiger partial charge in [0.05, 0.1) is 43.7 Å². The van der Waals surface area contributed by atoms with E-state index in [4.69, 9.17) is 23.7 Å². The monoisotopic (exact) mass is 623 g/mol. The zero-order chi connectivity index (χ0) is 32.0. The van der Waals surface area contributed by atoms with Crippen molar-refractivity contribution in [2.75, 3.05) is 39.6 Å². The third-order valence-electron chi connectivity index (χ3n) is 8.54. The maximum atomic E-state index is 11.1. The standard InChI is InChI=1S/C36H65NO7/c1-6-11-20-40-26-29-24-32(44-27-30(33(39)31(38)10-5)37-25-28-18-16-15-17-19-28)35(42-22-13-8-3)36(43-23-14-9-4)34(29)41-21-12-7-2/h15-19,29-39H,6-14,20-27H2,1-5H3/t29?,30-,31+,32-,33-,34-,35?,36?/m0/s1. The first-order chi connectivity index (χ1) is 21.5. The fourth-order valence-corrected chi connectivity index (χ4v) is 5.61. The van der Waals surface area contributed by atoms with Gasteiger partial charge in [-0.15, -0.1) is 0 Å². The van der Waals surface area contributed by atoms with Gasteiger partial charge in [0.25, 0.3) is 0 Å². The molecular weight excluding hydrogens is 558 g/mol. The maximum Gasteiger partial charge on any atom is 0.113 e. The number of hydrogen-bond donors (Lipinski definition) is 3. The molecule has 0 amide bonds. The molecule has 0 aliphatic heterocycles. The molecule has 8 atom stereocenters. The summed E-state index contributed by atoms with van der Waals surface area (Å²) in [5, 5.41) is 25.2. The van der Waals surface area contributed by atoms with E-state index in [1.54, 1.807) is 0 Å². The van der Waals surface area contributed by atoms with Crippen LogP contribution in [-0.2, 0) is 30.2 Å². The molecule has 0 spiro atoms. The predicted octanol–water partition coefficient (Wildman–Crippen LogP) is 6.05. The van der Waals surface area contributed by atoms with Crippen LogP contribution < -0.4 is 5.32 Å². The second kappa shape index (κ2) is 24.1. The lowest BCUT2D eigenvalue weighted by atomic mass is 9.80. The molecule has 0 saturated heterocycles. The Balaban J connectivity index is 2.32. The molecule has 44 heavy (non-hydrogen) atoms. The van der Waals surface area contributed by atoms with Gasteiger partial charge in [-0.2, -0.15) is 0 Å². The quantitative estimate of drug-likeness (QED) is 0.107. The average molecular weight is 624 g/mol. The van der Waals surface area contributed by atoms with Crippen molar-refractivity contribution in [2.45, 2.75) is 148 Å². The SMILES string of the molecule is CCCCOCC1C[C@H](OC[C@H](NCc2ccccc2)[C@H](O)[C@H](O)CC)C(OCCCC)C(OCCCC)[C@H]1OCCCC. The first-order valence-electron chi connectivity index (χ1n) is 17.7. The molecule has 1 aromatic carbocycles. The number of hydrogen-bond acceptors (Lipinski definition) is 8. The first kappa shape index (κ1) is 39.1. The molecule has 0 heterocycles. The van der Waals surface area contributed by atoms with E-state index in [-0.39, 0.29) is 36.9 Å². The zero-order valence-corrected chi connectivity index (χ0v) is 28.5. The second-order valence-electron chi connectivity index (χ2n) is 12.3. The van der Waals surface area contributed by atoms with E-state index in [9.17, 15) is 10.2 Å². The van der Waals surface area contributed by atoms with Gasteiger partial charge in [-0.3, -0.25) is 0 Å². The van der Waals surface area contributed by atoms with E-state index in [1.807, 2.05) is 37.3 Å². The Hall–Kier alpha value is -1.10. The topological polar surface area (TPSA) is 98.6 Å². The number of benzene rings is 1. The minimum absolute atomic E-state index is 0.0910. The van der Waals surface area contributed by atoms with Crippen molar-refractivity contribution in [1.82, 2.24) is 5.32 Å². The van der Waals surface area contributed by atoms with E-state index in [0.717, 1.165) is 63.5 Å². The summed E-state index contributed by atoms with van der Waals surface area (Å²) in [5.41, 5.74) is 1.11. The zero-order valence-electron chi connectivity index (χ0n) is 28.5. The highest BCUT2D eigenvalue weighted by Gasteiger charge is 2.48. The Morgan fingerprint density at radius 1 is 0.727 bits per heavy atom. The van der Waals surface area contributed by atoms with Gasteiger partial charge in [-0.25, -0.2) is 0 Å². The van der Waals surface area contributed by atoms with Crippen molar-refractivity contribution in [3.8, 4) is 0 Å². The smallest absolute Gasteiger partial charge is 0.113 e. The molecule has 0 bridgehead atoms. The van der Waals surface area contributed by atoms with Crippen molar-refractivity contribution >= 4 is 0 Å². The van der Waals surface area contributed by atoms with E-state index in [0.29, 0.717) is 45.8 Å². The predicted molar refractivity (Wildman–Crippen MR) is 177 cm³/mol. The van der Waals surface area contributed by atoms with Crippen molar-refractivity contribution in [3.63, 3.8) is 0 Å². The van der Waals surface area contributed by atoms with E-state index >= 15 is 0 Å². The lowest BCUT2D eigenvalue weighted by Gasteiger charge is -2.46. The van der Waals surface area contributed by atoms with Crippen molar-refractivity contribution in [2.24, 2.45) is 5.92 Å². The molecule has 8 heteroatoms. The summed E-state index contributed by atoms with van der Waals surface area (Å²) in [6, 6.07) is 9.63. The summed E-state index contributed by atoms with van der Waals surface area (Å²) >= 11 is 0. The Bertz CT molecular complexity index is 800. The Morgan fingerprint density at radius 2 is 1.30 bits per heavy atom. The fourth-order valence-electron chi connectivity index (χ4n) is 5.61. The summed E-state index contributed by atoms with van der Waals surface area (Å²) in [5.74, 6) is 0.0910. The minimum atomic E-state index is -0.971. The van der Waals surface area contributed by atoms with Crippen molar-refractivity contribution in [1.29, 1.82) is 0 Å². The van der Waals surface area contributed by atoms with E-state index in [2.05, 4.69) is 33.0 Å². The van der Waals surface area contributed by atoms with Crippen LogP contribution in [0.15, 0.2) is 30.3 Å². The van der Waals surface area contributed by atoms with Crippen LogP contribution in [0, 0.1) is 5.92 Å². The van der Waals surface area contributed by atoms with Crippen molar-refractivity contribution in [3.05, 3.63) is 35.9 Å². The summed E-state index contributed by atoms with van der Waals surface area (Å²) in [6.45, 7) is 14.6. The molecular formula is C36H65NO7. The highest BCUT2D eigenvalue weighted by molar-refractivity contribution is 5.14. The number of rotatable bonds is 26. The van der Waals surface area contributed by atoms with Crippen LogP contribution in [0.3, 0.4) is 0 Å². The fraction of sp³-hybridized carbons (Fsp3) is 0.833. The van der Waals surface area contributed by atoms with Gasteiger partial charge in [0, 0.05) is 38.9 Å². The molecule has 8 nitrogen and oxygen atoms in total. The average Bonchev–Trinajstić information content (AvgIpc) is 3.04. The summed E-state index contributed by atoms with van der Waals surface area (Å²) in [6.07, 6.45) is 6.54. The van der Waals surface area contributed by atoms with E-state index in [1.165, 1.54) is 0 Å². The highest BCUT2D eigenvalue weighted by Crippen LogP contribution is 2.35. The molecule has 3 unspecified atom stereocenters. The Labute approximate surface area is 268 Å². The van der Waals surface area contributed by atoms with Gasteiger partial charge in [0.2, 0.25) is 0 Å². The first-order valence-corrected chi connectivity index (χ1v) is 17.7. The maximum absolute atomic E-state index is 11.1. The van der Waals surface area contributed by atoms with Crippen molar-refractivity contribution < 1.29 is 33.9 Å². The normalized spacial score (nSPS) is 24.3. The lowest BCUT2D eigenvalue weighted by Crippen LogP contribution is -2.59. The molecule has 3 N–H and O–H groups in total. The van der Waals surface area contributed by atoms with Crippen LogP contribution in [0.5, 0.6) is 0 Å². The van der Waals surface area contributed by atoms with Gasteiger partial charge >= 0.3 is 0 Å². The van der Waals surface area contributed by atoms with Gasteiger partial charge < -0.3 is 39.2 Å². The number of unbranched alkanes of at least 4 members (excludes halogenated alkanes) is 4. The van der Waals surface area contributed by atoms with Gasteiger partial charge in [0.1, 0.15) is 12.2 Å². The third-order valence-corrected chi connectivity index (χ3v) is 8.54. The molecule has 0 aromatic heterocycles. The van der Waals surface area contributed by atoms with Crippen LogP contribution in [0.4, 0.5) is 0 Å². The van der Waals surface area contributed by atoms with Crippen LogP contribution in [0.25, 0.3) is 0 Å². The lowest BCUT2D eigenvalue weighted by molar-refractivity contribution is -0.227. The molecule has 2 rings (SSSR count). The molecule has 1 saturated carbocycles. The number of nitrogens with one attached hydrogen (secondary N) is 1. The molecule has 256 valence electrons. The van der Waals surface area contributed by atoms with Crippen LogP contribution >= 0.6 is 0 Å². The van der Waals surface area contributed by atoms with Crippen LogP contribution in [-0.4, -0.2) is 92.5 Å². The number of aliphatic hydroxyl groups is 2.